The first-order valence-electron chi connectivity index (χ1n) is 5.69. The molecule has 0 aliphatic heterocycles. The lowest BCUT2D eigenvalue weighted by Gasteiger charge is -2.09. The van der Waals surface area contributed by atoms with Crippen LogP contribution < -0.4 is 15.2 Å². The van der Waals surface area contributed by atoms with Gasteiger partial charge in [0, 0.05) is 0 Å². The van der Waals surface area contributed by atoms with Gasteiger partial charge in [0.25, 0.3) is 0 Å². The topological polar surface area (TPSA) is 70.3 Å². The minimum absolute atomic E-state index is 0.194. The molecule has 0 radical (unpaired) electrons. The number of halogens is 1. The Morgan fingerprint density at radius 2 is 2.10 bits per heavy atom. The number of anilines is 1. The van der Waals surface area contributed by atoms with Gasteiger partial charge in [-0.3, -0.25) is 0 Å². The molecule has 2 heterocycles. The van der Waals surface area contributed by atoms with Gasteiger partial charge in [-0.2, -0.15) is 4.98 Å². The summed E-state index contributed by atoms with van der Waals surface area (Å²) in [5, 5.41) is 2.77. The summed E-state index contributed by atoms with van der Waals surface area (Å²) >= 11 is 4.94. The zero-order chi connectivity index (χ0) is 14.1. The summed E-state index contributed by atoms with van der Waals surface area (Å²) < 4.78 is 11.8. The Kier molecular flexibility index (Phi) is 3.45. The minimum Gasteiger partial charge on any atom is -0.497 e. The molecule has 0 bridgehead atoms. The van der Waals surface area contributed by atoms with Gasteiger partial charge in [-0.25, -0.2) is 4.98 Å². The van der Waals surface area contributed by atoms with E-state index in [1.54, 1.807) is 13.2 Å². The van der Waals surface area contributed by atoms with E-state index >= 15 is 0 Å². The molecule has 20 heavy (non-hydrogen) atoms. The Balaban J connectivity index is 2.03. The molecule has 0 amide bonds. The molecule has 3 aromatic rings. The number of aromatic nitrogens is 2. The van der Waals surface area contributed by atoms with Crippen LogP contribution >= 0.6 is 27.3 Å². The summed E-state index contributed by atoms with van der Waals surface area (Å²) in [4.78, 5) is 9.12. The van der Waals surface area contributed by atoms with E-state index in [2.05, 4.69) is 25.9 Å². The molecule has 2 N–H and O–H groups in total. The summed E-state index contributed by atoms with van der Waals surface area (Å²) in [6.45, 7) is 0. The molecule has 0 spiro atoms. The number of rotatable bonds is 3. The number of nitrogens with two attached hydrogens (primary N) is 1. The quantitative estimate of drug-likeness (QED) is 0.776. The zero-order valence-electron chi connectivity index (χ0n) is 10.5. The van der Waals surface area contributed by atoms with Crippen molar-refractivity contribution in [1.29, 1.82) is 0 Å². The predicted octanol–water partition coefficient (Wildman–Crippen LogP) is 3.84. The highest BCUT2D eigenvalue weighted by Gasteiger charge is 2.11. The first kappa shape index (κ1) is 13.1. The van der Waals surface area contributed by atoms with Crippen molar-refractivity contribution in [1.82, 2.24) is 9.97 Å². The fourth-order valence-electron chi connectivity index (χ4n) is 1.72. The van der Waals surface area contributed by atoms with Gasteiger partial charge in [0.2, 0.25) is 11.8 Å². The Hall–Kier alpha value is -1.86. The van der Waals surface area contributed by atoms with Crippen molar-refractivity contribution in [2.75, 3.05) is 12.8 Å². The van der Waals surface area contributed by atoms with Crippen LogP contribution in [-0.4, -0.2) is 17.1 Å². The maximum Gasteiger partial charge on any atom is 0.232 e. The Bertz CT molecular complexity index is 775. The maximum absolute atomic E-state index is 5.83. The predicted molar refractivity (Wildman–Crippen MR) is 82.6 cm³/mol. The molecular weight excluding hydrogens is 342 g/mol. The van der Waals surface area contributed by atoms with Gasteiger partial charge in [-0.05, 0) is 45.6 Å². The van der Waals surface area contributed by atoms with Gasteiger partial charge < -0.3 is 15.2 Å². The van der Waals surface area contributed by atoms with E-state index < -0.39 is 0 Å². The second-order valence-corrected chi connectivity index (χ2v) is 5.67. The zero-order valence-corrected chi connectivity index (χ0v) is 12.9. The van der Waals surface area contributed by atoms with Crippen molar-refractivity contribution in [3.63, 3.8) is 0 Å². The van der Waals surface area contributed by atoms with E-state index in [-0.39, 0.29) is 5.95 Å². The number of hydrogen-bond acceptors (Lipinski definition) is 6. The largest absolute Gasteiger partial charge is 0.497 e. The van der Waals surface area contributed by atoms with Crippen LogP contribution in [0.15, 0.2) is 34.1 Å². The van der Waals surface area contributed by atoms with Gasteiger partial charge in [0.1, 0.15) is 16.3 Å². The third-order valence-electron chi connectivity index (χ3n) is 2.65. The third-order valence-corrected chi connectivity index (χ3v) is 4.08. The second kappa shape index (κ2) is 5.26. The van der Waals surface area contributed by atoms with Crippen LogP contribution in [0, 0.1) is 0 Å². The molecule has 0 saturated carbocycles. The number of ether oxygens (including phenoxy) is 2. The average molecular weight is 352 g/mol. The van der Waals surface area contributed by atoms with Gasteiger partial charge in [-0.1, -0.05) is 0 Å². The van der Waals surface area contributed by atoms with E-state index in [1.807, 2.05) is 23.6 Å². The lowest BCUT2D eigenvalue weighted by molar-refractivity contribution is 0.411. The second-order valence-electron chi connectivity index (χ2n) is 3.92. The van der Waals surface area contributed by atoms with E-state index in [9.17, 15) is 0 Å². The molecule has 1 aromatic carbocycles. The summed E-state index contributed by atoms with van der Waals surface area (Å²) in [6.07, 6.45) is 0. The fraction of sp³-hybridized carbons (Fsp3) is 0.0769. The molecule has 0 fully saturated rings. The van der Waals surface area contributed by atoms with E-state index in [1.165, 1.54) is 11.3 Å². The maximum atomic E-state index is 5.83. The van der Waals surface area contributed by atoms with Gasteiger partial charge in [0.05, 0.1) is 17.0 Å². The van der Waals surface area contributed by atoms with Crippen LogP contribution in [0.1, 0.15) is 0 Å². The highest BCUT2D eigenvalue weighted by Crippen LogP contribution is 2.35. The third kappa shape index (κ3) is 2.41. The molecule has 7 heteroatoms. The van der Waals surface area contributed by atoms with E-state index in [4.69, 9.17) is 15.2 Å². The first-order valence-corrected chi connectivity index (χ1v) is 7.37. The van der Waals surface area contributed by atoms with Crippen molar-refractivity contribution in [3.8, 4) is 17.4 Å². The number of nitrogens with zero attached hydrogens (tertiary/aromatic N) is 2. The summed E-state index contributed by atoms with van der Waals surface area (Å²) in [5.74, 6) is 2.02. The van der Waals surface area contributed by atoms with Gasteiger partial charge >= 0.3 is 0 Å². The van der Waals surface area contributed by atoms with Crippen LogP contribution in [0.2, 0.25) is 0 Å². The summed E-state index contributed by atoms with van der Waals surface area (Å²) in [7, 11) is 1.61. The average Bonchev–Trinajstić information content (AvgIpc) is 2.89. The number of thiophene rings is 1. The molecule has 2 aromatic heterocycles. The van der Waals surface area contributed by atoms with E-state index in [0.717, 1.165) is 20.4 Å². The van der Waals surface area contributed by atoms with Crippen LogP contribution in [0.25, 0.3) is 10.2 Å². The van der Waals surface area contributed by atoms with Crippen LogP contribution in [0.3, 0.4) is 0 Å². The number of hydrogen-bond donors (Lipinski definition) is 1. The van der Waals surface area contributed by atoms with Crippen molar-refractivity contribution >= 4 is 43.4 Å². The van der Waals surface area contributed by atoms with Crippen molar-refractivity contribution < 1.29 is 9.47 Å². The summed E-state index contributed by atoms with van der Waals surface area (Å²) in [6, 6.07) is 7.35. The molecule has 0 aliphatic carbocycles. The van der Waals surface area contributed by atoms with Crippen LogP contribution in [0.5, 0.6) is 17.4 Å². The number of benzene rings is 1. The van der Waals surface area contributed by atoms with Crippen molar-refractivity contribution in [2.24, 2.45) is 0 Å². The summed E-state index contributed by atoms with van der Waals surface area (Å²) in [5.41, 5.74) is 5.69. The smallest absolute Gasteiger partial charge is 0.232 e. The fourth-order valence-corrected chi connectivity index (χ4v) is 2.92. The Labute approximate surface area is 127 Å². The molecule has 102 valence electrons. The van der Waals surface area contributed by atoms with Gasteiger partial charge in [-0.15, -0.1) is 11.3 Å². The highest BCUT2D eigenvalue weighted by molar-refractivity contribution is 9.10. The Morgan fingerprint density at radius 3 is 2.85 bits per heavy atom. The SMILES string of the molecule is COc1ccc(Oc2nc(N)nc3sccc23)c(Br)c1. The first-order chi connectivity index (χ1) is 9.67. The molecule has 3 rings (SSSR count). The number of methoxy groups -OCH3 is 1. The molecule has 0 atom stereocenters. The standard InChI is InChI=1S/C13H10BrN3O2S/c1-18-7-2-3-10(9(14)6-7)19-11-8-4-5-20-12(8)17-13(15)16-11/h2-6H,1H3,(H2,15,16,17). The monoisotopic (exact) mass is 351 g/mol. The molecule has 0 saturated heterocycles. The molecule has 5 nitrogen and oxygen atoms in total. The van der Waals surface area contributed by atoms with Crippen molar-refractivity contribution in [2.45, 2.75) is 0 Å². The number of fused-ring (bicyclic) bond motifs is 1. The normalized spacial score (nSPS) is 10.7. The Morgan fingerprint density at radius 1 is 1.25 bits per heavy atom. The van der Waals surface area contributed by atoms with Gasteiger partial charge in [0.15, 0.2) is 0 Å². The molecule has 0 aliphatic rings. The lowest BCUT2D eigenvalue weighted by atomic mass is 10.3. The number of nitrogen functional groups attached to an aromatic ring is 1. The lowest BCUT2D eigenvalue weighted by Crippen LogP contribution is -1.97. The minimum atomic E-state index is 0.194. The molecular formula is C13H10BrN3O2S. The van der Waals surface area contributed by atoms with Crippen molar-refractivity contribution in [3.05, 3.63) is 34.1 Å². The van der Waals surface area contributed by atoms with Crippen LogP contribution in [0.4, 0.5) is 5.95 Å². The highest BCUT2D eigenvalue weighted by atomic mass is 79.9. The molecule has 0 unspecified atom stereocenters. The van der Waals surface area contributed by atoms with E-state index in [0.29, 0.717) is 11.6 Å². The van der Waals surface area contributed by atoms with Crippen LogP contribution in [-0.2, 0) is 0 Å².